The monoisotopic (exact) mass is 548 g/mol. The molecule has 1 unspecified atom stereocenters. The third-order valence-electron chi connectivity index (χ3n) is 6.60. The summed E-state index contributed by atoms with van der Waals surface area (Å²) in [5.74, 6) is 1.70. The summed E-state index contributed by atoms with van der Waals surface area (Å²) >= 11 is 0. The number of piperidine rings is 1. The minimum absolute atomic E-state index is 0. The second-order valence-electron chi connectivity index (χ2n) is 9.02. The van der Waals surface area contributed by atoms with Crippen molar-refractivity contribution in [1.29, 1.82) is 0 Å². The number of likely N-dealkylation sites (tertiary alicyclic amines) is 2. The van der Waals surface area contributed by atoms with E-state index in [1.54, 1.807) is 0 Å². The minimum atomic E-state index is -0.108. The van der Waals surface area contributed by atoms with Crippen LogP contribution < -0.4 is 5.32 Å². The molecule has 0 aromatic heterocycles. The normalized spacial score (nSPS) is 20.2. The Morgan fingerprint density at radius 3 is 2.31 bits per heavy atom. The predicted molar refractivity (Wildman–Crippen MR) is 142 cm³/mol. The molecule has 5 nitrogen and oxygen atoms in total. The van der Waals surface area contributed by atoms with E-state index >= 15 is 0 Å². The van der Waals surface area contributed by atoms with Gasteiger partial charge in [0, 0.05) is 46.3 Å². The van der Waals surface area contributed by atoms with Gasteiger partial charge in [-0.05, 0) is 48.3 Å². The molecule has 2 aromatic carbocycles. The van der Waals surface area contributed by atoms with Gasteiger partial charge in [-0.2, -0.15) is 0 Å². The number of rotatable bonds is 6. The Bertz CT molecular complexity index is 835. The highest BCUT2D eigenvalue weighted by Gasteiger charge is 2.25. The van der Waals surface area contributed by atoms with Crippen molar-refractivity contribution in [3.63, 3.8) is 0 Å². The van der Waals surface area contributed by atoms with E-state index in [9.17, 15) is 5.11 Å². The van der Waals surface area contributed by atoms with Crippen molar-refractivity contribution in [3.8, 4) is 0 Å². The molecular formula is C26H37IN4O. The molecule has 2 aliphatic rings. The van der Waals surface area contributed by atoms with Crippen molar-refractivity contribution < 1.29 is 5.11 Å². The maximum Gasteiger partial charge on any atom is 0.193 e. The first-order chi connectivity index (χ1) is 15.2. The lowest BCUT2D eigenvalue weighted by molar-refractivity contribution is 0.0792. The molecular weight excluding hydrogens is 511 g/mol. The number of aliphatic imine (C=N–C) groups is 1. The molecule has 0 aliphatic carbocycles. The van der Waals surface area contributed by atoms with E-state index in [-0.39, 0.29) is 30.1 Å². The molecule has 2 aliphatic heterocycles. The quantitative estimate of drug-likeness (QED) is 0.327. The van der Waals surface area contributed by atoms with Crippen LogP contribution in [-0.2, 0) is 19.5 Å². The topological polar surface area (TPSA) is 51.1 Å². The van der Waals surface area contributed by atoms with Gasteiger partial charge in [-0.15, -0.1) is 24.0 Å². The van der Waals surface area contributed by atoms with E-state index in [0.717, 1.165) is 64.5 Å². The van der Waals surface area contributed by atoms with E-state index in [4.69, 9.17) is 0 Å². The number of aliphatic hydroxyl groups excluding tert-OH is 1. The van der Waals surface area contributed by atoms with Crippen LogP contribution in [0.25, 0.3) is 0 Å². The second kappa shape index (κ2) is 12.6. The van der Waals surface area contributed by atoms with Gasteiger partial charge in [0.1, 0.15) is 0 Å². The molecule has 2 heterocycles. The van der Waals surface area contributed by atoms with E-state index in [2.05, 4.69) is 74.7 Å². The molecule has 6 heteroatoms. The molecule has 174 valence electrons. The zero-order valence-electron chi connectivity index (χ0n) is 19.1. The molecule has 0 spiro atoms. The Morgan fingerprint density at radius 2 is 1.62 bits per heavy atom. The maximum atomic E-state index is 9.67. The molecule has 0 bridgehead atoms. The Labute approximate surface area is 209 Å². The maximum absolute atomic E-state index is 9.67. The summed E-state index contributed by atoms with van der Waals surface area (Å²) in [4.78, 5) is 9.36. The van der Waals surface area contributed by atoms with Gasteiger partial charge in [-0.1, -0.05) is 54.6 Å². The van der Waals surface area contributed by atoms with E-state index in [0.29, 0.717) is 5.92 Å². The number of halogens is 1. The Morgan fingerprint density at radius 1 is 0.938 bits per heavy atom. The summed E-state index contributed by atoms with van der Waals surface area (Å²) in [6, 6.07) is 19.7. The Hall–Kier alpha value is -1.64. The standard InChI is InChI=1S/C26H36N4O.HI/c1-27-26(30-16-11-24(20-30)17-21-5-3-2-4-6-21)28-18-22-7-9-23(10-8-22)19-29-14-12-25(31)13-15-29;/h2-10,24-25,31H,11-20H2,1H3,(H,27,28);1H. The fourth-order valence-electron chi connectivity index (χ4n) is 4.75. The molecule has 0 radical (unpaired) electrons. The first-order valence-electron chi connectivity index (χ1n) is 11.7. The number of nitrogens with one attached hydrogen (secondary N) is 1. The molecule has 2 saturated heterocycles. The van der Waals surface area contributed by atoms with Gasteiger partial charge in [0.05, 0.1) is 6.10 Å². The Balaban J connectivity index is 0.00000289. The highest BCUT2D eigenvalue weighted by molar-refractivity contribution is 14.0. The van der Waals surface area contributed by atoms with Crippen molar-refractivity contribution in [1.82, 2.24) is 15.1 Å². The minimum Gasteiger partial charge on any atom is -0.393 e. The van der Waals surface area contributed by atoms with Gasteiger partial charge in [0.25, 0.3) is 0 Å². The smallest absolute Gasteiger partial charge is 0.193 e. The fraction of sp³-hybridized carbons (Fsp3) is 0.500. The van der Waals surface area contributed by atoms with Crippen molar-refractivity contribution in [2.75, 3.05) is 33.2 Å². The summed E-state index contributed by atoms with van der Waals surface area (Å²) in [6.45, 7) is 5.88. The van der Waals surface area contributed by atoms with Crippen LogP contribution >= 0.6 is 24.0 Å². The van der Waals surface area contributed by atoms with Crippen LogP contribution in [0.15, 0.2) is 59.6 Å². The van der Waals surface area contributed by atoms with Crippen molar-refractivity contribution >= 4 is 29.9 Å². The second-order valence-corrected chi connectivity index (χ2v) is 9.02. The third-order valence-corrected chi connectivity index (χ3v) is 6.60. The lowest BCUT2D eigenvalue weighted by Crippen LogP contribution is -2.39. The van der Waals surface area contributed by atoms with Crippen LogP contribution in [0.1, 0.15) is 36.0 Å². The number of nitrogens with zero attached hydrogens (tertiary/aromatic N) is 3. The molecule has 2 N–H and O–H groups in total. The third kappa shape index (κ3) is 7.18. The number of guanidine groups is 1. The lowest BCUT2D eigenvalue weighted by atomic mass is 9.99. The van der Waals surface area contributed by atoms with Crippen LogP contribution in [0.3, 0.4) is 0 Å². The van der Waals surface area contributed by atoms with Crippen LogP contribution in [0.4, 0.5) is 0 Å². The lowest BCUT2D eigenvalue weighted by Gasteiger charge is -2.29. The average molecular weight is 549 g/mol. The summed E-state index contributed by atoms with van der Waals surface area (Å²) < 4.78 is 0. The van der Waals surface area contributed by atoms with Crippen LogP contribution in [0.5, 0.6) is 0 Å². The molecule has 1 atom stereocenters. The molecule has 4 rings (SSSR count). The molecule has 32 heavy (non-hydrogen) atoms. The molecule has 0 amide bonds. The largest absolute Gasteiger partial charge is 0.393 e. The number of benzene rings is 2. The summed E-state index contributed by atoms with van der Waals surface area (Å²) in [5, 5.41) is 13.2. The fourth-order valence-corrected chi connectivity index (χ4v) is 4.75. The highest BCUT2D eigenvalue weighted by Crippen LogP contribution is 2.21. The van der Waals surface area contributed by atoms with Gasteiger partial charge < -0.3 is 15.3 Å². The molecule has 0 saturated carbocycles. The summed E-state index contributed by atoms with van der Waals surface area (Å²) in [7, 11) is 1.88. The zero-order chi connectivity index (χ0) is 21.5. The SMILES string of the molecule is CN=C(NCc1ccc(CN2CCC(O)CC2)cc1)N1CCC(Cc2ccccc2)C1.I. The predicted octanol–water partition coefficient (Wildman–Crippen LogP) is 3.90. The zero-order valence-corrected chi connectivity index (χ0v) is 21.4. The summed E-state index contributed by atoms with van der Waals surface area (Å²) in [5.41, 5.74) is 4.05. The van der Waals surface area contributed by atoms with E-state index in [1.807, 2.05) is 7.05 Å². The van der Waals surface area contributed by atoms with Gasteiger partial charge in [-0.3, -0.25) is 9.89 Å². The van der Waals surface area contributed by atoms with Crippen molar-refractivity contribution in [2.24, 2.45) is 10.9 Å². The first kappa shape index (κ1) is 25.0. The number of hydrogen-bond donors (Lipinski definition) is 2. The van der Waals surface area contributed by atoms with Crippen molar-refractivity contribution in [3.05, 3.63) is 71.3 Å². The molecule has 2 fully saturated rings. The van der Waals surface area contributed by atoms with Gasteiger partial charge >= 0.3 is 0 Å². The van der Waals surface area contributed by atoms with Crippen LogP contribution in [0.2, 0.25) is 0 Å². The number of aliphatic hydroxyl groups is 1. The average Bonchev–Trinajstić information content (AvgIpc) is 3.26. The Kier molecular flexibility index (Phi) is 9.81. The highest BCUT2D eigenvalue weighted by atomic mass is 127. The van der Waals surface area contributed by atoms with Gasteiger partial charge in [0.2, 0.25) is 0 Å². The molecule has 2 aromatic rings. The number of hydrogen-bond acceptors (Lipinski definition) is 3. The van der Waals surface area contributed by atoms with E-state index < -0.39 is 0 Å². The van der Waals surface area contributed by atoms with Crippen molar-refractivity contribution in [2.45, 2.75) is 44.9 Å². The van der Waals surface area contributed by atoms with Gasteiger partial charge in [-0.25, -0.2) is 0 Å². The van der Waals surface area contributed by atoms with Crippen LogP contribution in [0, 0.1) is 5.92 Å². The summed E-state index contributed by atoms with van der Waals surface area (Å²) in [6.07, 6.45) is 4.04. The first-order valence-corrected chi connectivity index (χ1v) is 11.7. The van der Waals surface area contributed by atoms with E-state index in [1.165, 1.54) is 23.1 Å². The van der Waals surface area contributed by atoms with Gasteiger partial charge in [0.15, 0.2) is 5.96 Å². The van der Waals surface area contributed by atoms with Crippen LogP contribution in [-0.4, -0.2) is 60.2 Å².